The zero-order valence-corrected chi connectivity index (χ0v) is 12.9. The number of aromatic nitrogens is 2. The largest absolute Gasteiger partial charge is 0.497 e. The van der Waals surface area contributed by atoms with E-state index in [0.717, 1.165) is 11.0 Å². The minimum absolute atomic E-state index is 0.150. The van der Waals surface area contributed by atoms with E-state index in [1.54, 1.807) is 38.7 Å². The van der Waals surface area contributed by atoms with Crippen molar-refractivity contribution in [3.63, 3.8) is 0 Å². The van der Waals surface area contributed by atoms with E-state index in [4.69, 9.17) is 9.47 Å². The number of ether oxygens (including phenoxy) is 2. The predicted octanol–water partition coefficient (Wildman–Crippen LogP) is 2.69. The summed E-state index contributed by atoms with van der Waals surface area (Å²) in [6, 6.07) is 12.9. The van der Waals surface area contributed by atoms with Crippen molar-refractivity contribution in [3.8, 4) is 11.5 Å². The second kappa shape index (κ2) is 6.39. The maximum Gasteiger partial charge on any atom is 0.244 e. The number of methoxy groups -OCH3 is 2. The average Bonchev–Trinajstić information content (AvgIpc) is 2.97. The molecule has 0 fully saturated rings. The molecule has 6 heteroatoms. The fourth-order valence-corrected chi connectivity index (χ4v) is 2.37. The lowest BCUT2D eigenvalue weighted by Gasteiger charge is -2.10. The molecular weight excluding hydrogens is 294 g/mol. The lowest BCUT2D eigenvalue weighted by atomic mass is 10.2. The van der Waals surface area contributed by atoms with Gasteiger partial charge in [0.25, 0.3) is 0 Å². The Hall–Kier alpha value is -3.02. The van der Waals surface area contributed by atoms with E-state index in [1.165, 1.54) is 0 Å². The topological polar surface area (TPSA) is 65.4 Å². The minimum atomic E-state index is -0.150. The molecular formula is C17H17N3O3. The molecule has 0 unspecified atom stereocenters. The van der Waals surface area contributed by atoms with Crippen LogP contribution in [0.2, 0.25) is 0 Å². The van der Waals surface area contributed by atoms with E-state index < -0.39 is 0 Å². The summed E-state index contributed by atoms with van der Waals surface area (Å²) in [5.74, 6) is 1.09. The van der Waals surface area contributed by atoms with E-state index >= 15 is 0 Å². The summed E-state index contributed by atoms with van der Waals surface area (Å²) in [5, 5.41) is 2.85. The lowest BCUT2D eigenvalue weighted by Crippen LogP contribution is -2.18. The minimum Gasteiger partial charge on any atom is -0.497 e. The third-order valence-electron chi connectivity index (χ3n) is 3.48. The van der Waals surface area contributed by atoms with E-state index in [1.807, 2.05) is 28.8 Å². The number of benzene rings is 2. The first-order chi connectivity index (χ1) is 11.2. The third kappa shape index (κ3) is 3.26. The van der Waals surface area contributed by atoms with Gasteiger partial charge < -0.3 is 19.4 Å². The number of fused-ring (bicyclic) bond motifs is 1. The van der Waals surface area contributed by atoms with Crippen molar-refractivity contribution in [2.75, 3.05) is 19.5 Å². The van der Waals surface area contributed by atoms with Crippen molar-refractivity contribution in [2.24, 2.45) is 0 Å². The van der Waals surface area contributed by atoms with Crippen LogP contribution in [0.4, 0.5) is 5.69 Å². The number of amides is 1. The lowest BCUT2D eigenvalue weighted by molar-refractivity contribution is -0.116. The van der Waals surface area contributed by atoms with Crippen molar-refractivity contribution in [2.45, 2.75) is 6.54 Å². The van der Waals surface area contributed by atoms with Crippen LogP contribution in [0.5, 0.6) is 11.5 Å². The van der Waals surface area contributed by atoms with Crippen molar-refractivity contribution in [3.05, 3.63) is 48.8 Å². The maximum absolute atomic E-state index is 12.3. The van der Waals surface area contributed by atoms with Crippen LogP contribution in [-0.4, -0.2) is 29.7 Å². The highest BCUT2D eigenvalue weighted by molar-refractivity contribution is 5.92. The van der Waals surface area contributed by atoms with Gasteiger partial charge in [-0.15, -0.1) is 0 Å². The van der Waals surface area contributed by atoms with E-state index in [9.17, 15) is 4.79 Å². The number of rotatable bonds is 5. The molecule has 1 heterocycles. The first kappa shape index (κ1) is 14.9. The molecule has 0 aliphatic heterocycles. The summed E-state index contributed by atoms with van der Waals surface area (Å²) in [6.07, 6.45) is 1.66. The van der Waals surface area contributed by atoms with Crippen LogP contribution in [0.3, 0.4) is 0 Å². The van der Waals surface area contributed by atoms with Gasteiger partial charge in [0, 0.05) is 23.9 Å². The highest BCUT2D eigenvalue weighted by Crippen LogP contribution is 2.25. The molecule has 0 bridgehead atoms. The van der Waals surface area contributed by atoms with E-state index in [0.29, 0.717) is 17.2 Å². The summed E-state index contributed by atoms with van der Waals surface area (Å²) in [5.41, 5.74) is 2.41. The Morgan fingerprint density at radius 2 is 1.83 bits per heavy atom. The van der Waals surface area contributed by atoms with Gasteiger partial charge in [0.1, 0.15) is 18.0 Å². The molecule has 0 spiro atoms. The number of imidazole rings is 1. The van der Waals surface area contributed by atoms with Crippen LogP contribution < -0.4 is 14.8 Å². The first-order valence-corrected chi connectivity index (χ1v) is 7.12. The van der Waals surface area contributed by atoms with Crippen molar-refractivity contribution >= 4 is 22.6 Å². The number of hydrogen-bond acceptors (Lipinski definition) is 4. The van der Waals surface area contributed by atoms with Crippen LogP contribution in [0.15, 0.2) is 48.8 Å². The van der Waals surface area contributed by atoms with Crippen LogP contribution >= 0.6 is 0 Å². The monoisotopic (exact) mass is 311 g/mol. The smallest absolute Gasteiger partial charge is 0.244 e. The van der Waals surface area contributed by atoms with E-state index in [2.05, 4.69) is 10.3 Å². The molecule has 0 saturated carbocycles. The second-order valence-corrected chi connectivity index (χ2v) is 5.01. The van der Waals surface area contributed by atoms with Crippen LogP contribution in [0.25, 0.3) is 11.0 Å². The normalized spacial score (nSPS) is 10.5. The number of para-hydroxylation sites is 2. The number of carbonyl (C=O) groups excluding carboxylic acids is 1. The number of nitrogens with zero attached hydrogens (tertiary/aromatic N) is 2. The molecule has 0 aliphatic rings. The van der Waals surface area contributed by atoms with Gasteiger partial charge in [0.2, 0.25) is 5.91 Å². The zero-order valence-electron chi connectivity index (χ0n) is 12.9. The predicted molar refractivity (Wildman–Crippen MR) is 87.9 cm³/mol. The molecule has 0 saturated heterocycles. The highest BCUT2D eigenvalue weighted by Gasteiger charge is 2.09. The Kier molecular flexibility index (Phi) is 4.14. The Bertz CT molecular complexity index is 820. The van der Waals surface area contributed by atoms with Gasteiger partial charge in [-0.05, 0) is 12.1 Å². The summed E-state index contributed by atoms with van der Waals surface area (Å²) in [4.78, 5) is 16.6. The van der Waals surface area contributed by atoms with Crippen molar-refractivity contribution < 1.29 is 14.3 Å². The van der Waals surface area contributed by atoms with Crippen LogP contribution in [-0.2, 0) is 11.3 Å². The van der Waals surface area contributed by atoms with Crippen LogP contribution in [0.1, 0.15) is 0 Å². The summed E-state index contributed by atoms with van der Waals surface area (Å²) in [6.45, 7) is 0.181. The van der Waals surface area contributed by atoms with Crippen molar-refractivity contribution in [1.82, 2.24) is 9.55 Å². The van der Waals surface area contributed by atoms with Gasteiger partial charge >= 0.3 is 0 Å². The molecule has 0 radical (unpaired) electrons. The Morgan fingerprint density at radius 3 is 2.52 bits per heavy atom. The molecule has 1 N–H and O–H groups in total. The molecule has 118 valence electrons. The molecule has 2 aromatic carbocycles. The van der Waals surface area contributed by atoms with Gasteiger partial charge in [-0.1, -0.05) is 12.1 Å². The Morgan fingerprint density at radius 1 is 1.13 bits per heavy atom. The average molecular weight is 311 g/mol. The molecule has 23 heavy (non-hydrogen) atoms. The SMILES string of the molecule is COc1cc(NC(=O)Cn2cnc3ccccc32)cc(OC)c1. The Labute approximate surface area is 133 Å². The number of hydrogen-bond donors (Lipinski definition) is 1. The maximum atomic E-state index is 12.3. The molecule has 3 aromatic rings. The van der Waals surface area contributed by atoms with Crippen molar-refractivity contribution in [1.29, 1.82) is 0 Å². The number of anilines is 1. The number of carbonyl (C=O) groups is 1. The van der Waals surface area contributed by atoms with Gasteiger partial charge in [-0.25, -0.2) is 4.98 Å². The van der Waals surface area contributed by atoms with E-state index in [-0.39, 0.29) is 12.5 Å². The van der Waals surface area contributed by atoms with Gasteiger partial charge in [0.15, 0.2) is 0 Å². The molecule has 6 nitrogen and oxygen atoms in total. The molecule has 1 amide bonds. The quantitative estimate of drug-likeness (QED) is 0.787. The number of nitrogens with one attached hydrogen (secondary N) is 1. The summed E-state index contributed by atoms with van der Waals surface area (Å²) >= 11 is 0. The van der Waals surface area contributed by atoms with Gasteiger partial charge in [0.05, 0.1) is 31.6 Å². The summed E-state index contributed by atoms with van der Waals surface area (Å²) < 4.78 is 12.2. The molecule has 0 atom stereocenters. The summed E-state index contributed by atoms with van der Waals surface area (Å²) in [7, 11) is 3.13. The fourth-order valence-electron chi connectivity index (χ4n) is 2.37. The van der Waals surface area contributed by atoms with Gasteiger partial charge in [-0.3, -0.25) is 4.79 Å². The second-order valence-electron chi connectivity index (χ2n) is 5.01. The first-order valence-electron chi connectivity index (χ1n) is 7.12. The highest BCUT2D eigenvalue weighted by atomic mass is 16.5. The molecule has 1 aromatic heterocycles. The molecule has 0 aliphatic carbocycles. The van der Waals surface area contributed by atoms with Crippen LogP contribution in [0, 0.1) is 0 Å². The zero-order chi connectivity index (χ0) is 16.2. The fraction of sp³-hybridized carbons (Fsp3) is 0.176. The standard InChI is InChI=1S/C17H17N3O3/c1-22-13-7-12(8-14(9-13)23-2)19-17(21)10-20-11-18-15-5-3-4-6-16(15)20/h3-9,11H,10H2,1-2H3,(H,19,21). The Balaban J connectivity index is 1.77. The van der Waals surface area contributed by atoms with Gasteiger partial charge in [-0.2, -0.15) is 0 Å². The molecule has 3 rings (SSSR count). The third-order valence-corrected chi connectivity index (χ3v) is 3.48.